The molecule has 2 aromatic heterocycles. The smallest absolute Gasteiger partial charge is 0.0788 e. The molecule has 8 aromatic carbocycles. The Bertz CT molecular complexity index is 3020. The van der Waals surface area contributed by atoms with Gasteiger partial charge in [0.25, 0.3) is 0 Å². The number of pyridine rings is 1. The molecule has 0 saturated heterocycles. The van der Waals surface area contributed by atoms with Crippen LogP contribution in [0.3, 0.4) is 0 Å². The zero-order chi connectivity index (χ0) is 34.9. The second-order valence-electron chi connectivity index (χ2n) is 14.3. The molecule has 2 nitrogen and oxygen atoms in total. The third-order valence-corrected chi connectivity index (χ3v) is 11.3. The highest BCUT2D eigenvalue weighted by Gasteiger charge is 2.21. The molecule has 1 aliphatic rings. The summed E-state index contributed by atoms with van der Waals surface area (Å²) in [5.74, 6) is 0. The molecular formula is C51H34N2. The van der Waals surface area contributed by atoms with Crippen LogP contribution in [-0.2, 0) is 12.8 Å². The predicted octanol–water partition coefficient (Wildman–Crippen LogP) is 13.0. The zero-order valence-electron chi connectivity index (χ0n) is 29.1. The van der Waals surface area contributed by atoms with Crippen molar-refractivity contribution in [1.29, 1.82) is 0 Å². The Morgan fingerprint density at radius 1 is 0.358 bits per heavy atom. The summed E-state index contributed by atoms with van der Waals surface area (Å²) >= 11 is 0. The second-order valence-corrected chi connectivity index (χ2v) is 14.3. The Hall–Kier alpha value is -6.77. The van der Waals surface area contributed by atoms with Crippen LogP contribution in [0.5, 0.6) is 0 Å². The maximum Gasteiger partial charge on any atom is 0.0788 e. The Balaban J connectivity index is 1.19. The molecule has 0 N–H and O–H groups in total. The Labute approximate surface area is 308 Å². The molecule has 10 aromatic rings. The molecule has 0 amide bonds. The summed E-state index contributed by atoms with van der Waals surface area (Å²) in [6, 6.07) is 66.8. The summed E-state index contributed by atoms with van der Waals surface area (Å²) in [6.45, 7) is 0. The van der Waals surface area contributed by atoms with E-state index in [0.717, 1.165) is 35.3 Å². The summed E-state index contributed by atoms with van der Waals surface area (Å²) in [5, 5.41) is 6.10. The Kier molecular flexibility index (Phi) is 6.72. The lowest BCUT2D eigenvalue weighted by Crippen LogP contribution is -2.03. The summed E-state index contributed by atoms with van der Waals surface area (Å²) in [4.78, 5) is 5.45. The topological polar surface area (TPSA) is 17.8 Å². The summed E-state index contributed by atoms with van der Waals surface area (Å²) in [6.07, 6.45) is 1.69. The fourth-order valence-electron chi connectivity index (χ4n) is 8.87. The van der Waals surface area contributed by atoms with E-state index in [4.69, 9.17) is 4.98 Å². The average molecular weight is 675 g/mol. The Morgan fingerprint density at radius 3 is 1.55 bits per heavy atom. The number of fused-ring (bicyclic) bond motifs is 12. The molecule has 248 valence electrons. The molecule has 53 heavy (non-hydrogen) atoms. The molecule has 0 fully saturated rings. The molecule has 0 spiro atoms. The van der Waals surface area contributed by atoms with Crippen LogP contribution in [-0.4, -0.2) is 9.55 Å². The van der Waals surface area contributed by atoms with E-state index in [2.05, 4.69) is 187 Å². The zero-order valence-corrected chi connectivity index (χ0v) is 29.1. The predicted molar refractivity (Wildman–Crippen MR) is 222 cm³/mol. The van der Waals surface area contributed by atoms with Crippen LogP contribution in [0.1, 0.15) is 22.3 Å². The normalized spacial score (nSPS) is 12.4. The van der Waals surface area contributed by atoms with Gasteiger partial charge in [0.05, 0.1) is 22.2 Å². The summed E-state index contributed by atoms with van der Waals surface area (Å²) in [7, 11) is 0. The van der Waals surface area contributed by atoms with Crippen molar-refractivity contribution in [2.45, 2.75) is 12.8 Å². The van der Waals surface area contributed by atoms with Gasteiger partial charge < -0.3 is 4.57 Å². The first kappa shape index (κ1) is 29.9. The lowest BCUT2D eigenvalue weighted by molar-refractivity contribution is 1.15. The number of nitrogens with zero attached hydrogens (tertiary/aromatic N) is 2. The van der Waals surface area contributed by atoms with E-state index < -0.39 is 0 Å². The monoisotopic (exact) mass is 674 g/mol. The summed E-state index contributed by atoms with van der Waals surface area (Å²) < 4.78 is 2.39. The van der Waals surface area contributed by atoms with Crippen LogP contribution in [0, 0.1) is 0 Å². The van der Waals surface area contributed by atoms with Gasteiger partial charge in [-0.15, -0.1) is 0 Å². The average Bonchev–Trinajstić information content (AvgIpc) is 3.55. The third kappa shape index (κ3) is 4.76. The minimum atomic E-state index is 0.817. The van der Waals surface area contributed by atoms with E-state index in [9.17, 15) is 0 Å². The highest BCUT2D eigenvalue weighted by molar-refractivity contribution is 6.13. The number of rotatable bonds is 2. The molecule has 11 rings (SSSR count). The van der Waals surface area contributed by atoms with Gasteiger partial charge in [-0.05, 0) is 105 Å². The van der Waals surface area contributed by atoms with Crippen molar-refractivity contribution >= 4 is 43.5 Å². The first-order chi connectivity index (χ1) is 26.3. The van der Waals surface area contributed by atoms with Crippen LogP contribution >= 0.6 is 0 Å². The number of aromatic nitrogens is 2. The first-order valence-corrected chi connectivity index (χ1v) is 18.5. The van der Waals surface area contributed by atoms with Gasteiger partial charge in [-0.25, -0.2) is 4.98 Å². The van der Waals surface area contributed by atoms with E-state index in [1.807, 2.05) is 0 Å². The fraction of sp³-hybridized carbons (Fsp3) is 0.0392. The standard InChI is InChI=1S/C51H34N2/c1-4-19-39-33(14-1)28-34-15-3-6-21-41(34)45-32-46-42-22-7-10-25-48(42)52-51(47(46)31-37(45)29-35-16-2-5-20-40(35)39)36-17-13-18-38(30-36)53-49-26-11-8-23-43(49)44-24-9-12-27-50(44)53/h1-27,30-32H,28-29H2. The maximum atomic E-state index is 5.45. The molecule has 0 atom stereocenters. The minimum absolute atomic E-state index is 0.817. The van der Waals surface area contributed by atoms with Gasteiger partial charge in [-0.3, -0.25) is 0 Å². The molecule has 2 heteroatoms. The van der Waals surface area contributed by atoms with Gasteiger partial charge in [0.15, 0.2) is 0 Å². The van der Waals surface area contributed by atoms with Gasteiger partial charge in [-0.2, -0.15) is 0 Å². The molecule has 0 aliphatic heterocycles. The van der Waals surface area contributed by atoms with Crippen molar-refractivity contribution in [2.75, 3.05) is 0 Å². The van der Waals surface area contributed by atoms with E-state index in [0.29, 0.717) is 0 Å². The van der Waals surface area contributed by atoms with Gasteiger partial charge >= 0.3 is 0 Å². The largest absolute Gasteiger partial charge is 0.309 e. The molecular weight excluding hydrogens is 641 g/mol. The minimum Gasteiger partial charge on any atom is -0.309 e. The lowest BCUT2D eigenvalue weighted by Gasteiger charge is -2.22. The van der Waals surface area contributed by atoms with Crippen molar-refractivity contribution in [3.05, 3.63) is 204 Å². The number of para-hydroxylation sites is 3. The van der Waals surface area contributed by atoms with Gasteiger partial charge in [0, 0.05) is 32.8 Å². The maximum absolute atomic E-state index is 5.45. The van der Waals surface area contributed by atoms with Crippen molar-refractivity contribution in [1.82, 2.24) is 9.55 Å². The highest BCUT2D eigenvalue weighted by atomic mass is 15.0. The fourth-order valence-corrected chi connectivity index (χ4v) is 8.87. The van der Waals surface area contributed by atoms with Crippen molar-refractivity contribution in [3.8, 4) is 39.2 Å². The van der Waals surface area contributed by atoms with Crippen molar-refractivity contribution in [3.63, 3.8) is 0 Å². The molecule has 1 aliphatic carbocycles. The highest BCUT2D eigenvalue weighted by Crippen LogP contribution is 2.42. The van der Waals surface area contributed by atoms with Crippen LogP contribution in [0.25, 0.3) is 82.7 Å². The first-order valence-electron chi connectivity index (χ1n) is 18.5. The van der Waals surface area contributed by atoms with Gasteiger partial charge in [0.2, 0.25) is 0 Å². The van der Waals surface area contributed by atoms with Crippen molar-refractivity contribution < 1.29 is 0 Å². The van der Waals surface area contributed by atoms with E-state index >= 15 is 0 Å². The third-order valence-electron chi connectivity index (χ3n) is 11.3. The van der Waals surface area contributed by atoms with Crippen LogP contribution in [0.15, 0.2) is 182 Å². The quantitative estimate of drug-likeness (QED) is 0.167. The Morgan fingerprint density at radius 2 is 0.887 bits per heavy atom. The van der Waals surface area contributed by atoms with Gasteiger partial charge in [0.1, 0.15) is 0 Å². The SMILES string of the molecule is c1cc(-c2nc3ccccc3c3cc4c(cc23)Cc2ccccc2-c2ccccc2Cc2ccccc2-4)cc(-n2c3ccccc3c3ccccc32)c1. The number of benzene rings is 8. The van der Waals surface area contributed by atoms with Gasteiger partial charge in [-0.1, -0.05) is 140 Å². The second kappa shape index (κ2) is 11.9. The molecule has 0 unspecified atom stereocenters. The lowest BCUT2D eigenvalue weighted by atomic mass is 9.82. The van der Waals surface area contributed by atoms with Crippen LogP contribution in [0.4, 0.5) is 0 Å². The molecule has 0 saturated carbocycles. The molecule has 0 bridgehead atoms. The van der Waals surface area contributed by atoms with Crippen LogP contribution in [0.2, 0.25) is 0 Å². The van der Waals surface area contributed by atoms with Crippen LogP contribution < -0.4 is 0 Å². The van der Waals surface area contributed by atoms with E-state index in [1.54, 1.807) is 0 Å². The molecule has 2 heterocycles. The number of hydrogen-bond acceptors (Lipinski definition) is 1. The molecule has 0 radical (unpaired) electrons. The van der Waals surface area contributed by atoms with E-state index in [-0.39, 0.29) is 0 Å². The summed E-state index contributed by atoms with van der Waals surface area (Å²) in [5.41, 5.74) is 17.2. The van der Waals surface area contributed by atoms with E-state index in [1.165, 1.54) is 82.5 Å². The number of hydrogen-bond donors (Lipinski definition) is 0. The van der Waals surface area contributed by atoms with Crippen molar-refractivity contribution in [2.24, 2.45) is 0 Å².